The molecule has 0 spiro atoms. The highest BCUT2D eigenvalue weighted by atomic mass is 79.9. The van der Waals surface area contributed by atoms with Gasteiger partial charge in [-0.3, -0.25) is 9.59 Å². The number of ether oxygens (including phenoxy) is 3. The summed E-state index contributed by atoms with van der Waals surface area (Å²) in [6, 6.07) is 7.33. The zero-order chi connectivity index (χ0) is 23.8. The van der Waals surface area contributed by atoms with E-state index in [1.807, 2.05) is 18.2 Å². The van der Waals surface area contributed by atoms with Gasteiger partial charge in [-0.25, -0.2) is 13.1 Å². The fourth-order valence-corrected chi connectivity index (χ4v) is 4.01. The number of esters is 2. The average Bonchev–Trinajstić information content (AvgIpc) is 2.73. The maximum atomic E-state index is 12.1. The van der Waals surface area contributed by atoms with Crippen LogP contribution in [0, 0.1) is 11.8 Å². The van der Waals surface area contributed by atoms with E-state index in [9.17, 15) is 18.0 Å². The van der Waals surface area contributed by atoms with Crippen LogP contribution in [0.4, 0.5) is 0 Å². The molecule has 0 heterocycles. The number of rotatable bonds is 14. The SMILES string of the molecule is COC(=O)CCCC#CCNS(=O)(=O)CCCCC(COc1cccc(Br)c1)OC(C)=O. The molecule has 1 unspecified atom stereocenters. The van der Waals surface area contributed by atoms with Crippen molar-refractivity contribution in [2.75, 3.05) is 26.0 Å². The fourth-order valence-electron chi connectivity index (χ4n) is 2.61. The van der Waals surface area contributed by atoms with Gasteiger partial charge in [-0.1, -0.05) is 27.9 Å². The minimum absolute atomic E-state index is 0.0249. The van der Waals surface area contributed by atoms with E-state index in [-0.39, 0.29) is 24.9 Å². The summed E-state index contributed by atoms with van der Waals surface area (Å²) < 4.78 is 42.9. The second-order valence-electron chi connectivity index (χ2n) is 6.92. The molecule has 0 aliphatic carbocycles. The molecule has 0 aromatic heterocycles. The van der Waals surface area contributed by atoms with Crippen molar-refractivity contribution in [3.8, 4) is 17.6 Å². The maximum absolute atomic E-state index is 12.1. The van der Waals surface area contributed by atoms with Crippen LogP contribution in [0.2, 0.25) is 0 Å². The third-order valence-electron chi connectivity index (χ3n) is 4.17. The van der Waals surface area contributed by atoms with Gasteiger partial charge < -0.3 is 14.2 Å². The van der Waals surface area contributed by atoms with Gasteiger partial charge in [0.2, 0.25) is 10.0 Å². The fraction of sp³-hybridized carbons (Fsp3) is 0.545. The summed E-state index contributed by atoms with van der Waals surface area (Å²) in [5.74, 6) is 5.45. The van der Waals surface area contributed by atoms with Crippen LogP contribution in [0.1, 0.15) is 45.4 Å². The van der Waals surface area contributed by atoms with Gasteiger partial charge in [0.15, 0.2) is 0 Å². The third-order valence-corrected chi connectivity index (χ3v) is 6.07. The minimum atomic E-state index is -3.44. The van der Waals surface area contributed by atoms with Crippen molar-refractivity contribution in [3.63, 3.8) is 0 Å². The lowest BCUT2D eigenvalue weighted by atomic mass is 10.2. The second-order valence-corrected chi connectivity index (χ2v) is 9.76. The number of sulfonamides is 1. The van der Waals surface area contributed by atoms with E-state index in [2.05, 4.69) is 37.2 Å². The standard InChI is InChI=1S/C22H30BrNO7S/c1-18(25)31-21(17-30-20-12-9-10-19(23)16-20)11-6-8-15-32(27,28)24-14-7-4-3-5-13-22(26)29-2/h9-10,12,16,21,24H,3,5-6,8,11,13-15,17H2,1-2H3. The highest BCUT2D eigenvalue weighted by Gasteiger charge is 2.15. The zero-order valence-corrected chi connectivity index (χ0v) is 20.8. The average molecular weight is 532 g/mol. The summed E-state index contributed by atoms with van der Waals surface area (Å²) in [5, 5.41) is 0. The van der Waals surface area contributed by atoms with E-state index >= 15 is 0 Å². The van der Waals surface area contributed by atoms with Crippen molar-refractivity contribution < 1.29 is 32.2 Å². The molecule has 1 atom stereocenters. The summed E-state index contributed by atoms with van der Waals surface area (Å²) in [7, 11) is -2.11. The summed E-state index contributed by atoms with van der Waals surface area (Å²) in [4.78, 5) is 22.3. The predicted molar refractivity (Wildman–Crippen MR) is 124 cm³/mol. The summed E-state index contributed by atoms with van der Waals surface area (Å²) >= 11 is 3.37. The second kappa shape index (κ2) is 15.7. The first kappa shape index (κ1) is 27.9. The molecule has 0 amide bonds. The number of nitrogens with one attached hydrogen (secondary N) is 1. The van der Waals surface area contributed by atoms with E-state index in [0.29, 0.717) is 44.3 Å². The van der Waals surface area contributed by atoms with E-state index in [0.717, 1.165) is 4.47 Å². The minimum Gasteiger partial charge on any atom is -0.490 e. The molecule has 32 heavy (non-hydrogen) atoms. The number of benzene rings is 1. The van der Waals surface area contributed by atoms with Gasteiger partial charge in [0.05, 0.1) is 19.4 Å². The molecule has 1 aromatic carbocycles. The molecule has 0 radical (unpaired) electrons. The van der Waals surface area contributed by atoms with Gasteiger partial charge in [0.1, 0.15) is 18.5 Å². The van der Waals surface area contributed by atoms with E-state index in [1.165, 1.54) is 14.0 Å². The van der Waals surface area contributed by atoms with Crippen LogP contribution >= 0.6 is 15.9 Å². The van der Waals surface area contributed by atoms with Crippen LogP contribution in [-0.2, 0) is 29.1 Å². The maximum Gasteiger partial charge on any atom is 0.305 e. The van der Waals surface area contributed by atoms with Crippen LogP contribution < -0.4 is 9.46 Å². The van der Waals surface area contributed by atoms with Crippen molar-refractivity contribution in [1.82, 2.24) is 4.72 Å². The first-order valence-electron chi connectivity index (χ1n) is 10.3. The number of unbranched alkanes of at least 4 members (excludes halogenated alkanes) is 2. The molecule has 0 saturated heterocycles. The Labute approximate surface area is 198 Å². The Morgan fingerprint density at radius 3 is 2.66 bits per heavy atom. The van der Waals surface area contributed by atoms with Crippen LogP contribution in [-0.4, -0.2) is 52.5 Å². The smallest absolute Gasteiger partial charge is 0.305 e. The Hall–Kier alpha value is -2.09. The van der Waals surface area contributed by atoms with Crippen molar-refractivity contribution in [2.24, 2.45) is 0 Å². The van der Waals surface area contributed by atoms with Gasteiger partial charge in [0.25, 0.3) is 0 Å². The van der Waals surface area contributed by atoms with Gasteiger partial charge in [0, 0.05) is 24.2 Å². The molecule has 178 valence electrons. The molecular formula is C22H30BrNO7S. The number of halogens is 1. The Morgan fingerprint density at radius 2 is 1.97 bits per heavy atom. The van der Waals surface area contributed by atoms with E-state index in [1.54, 1.807) is 6.07 Å². The first-order valence-corrected chi connectivity index (χ1v) is 12.7. The molecule has 8 nitrogen and oxygen atoms in total. The number of carbonyl (C=O) groups is 2. The third kappa shape index (κ3) is 14.1. The summed E-state index contributed by atoms with van der Waals surface area (Å²) in [5.41, 5.74) is 0. The van der Waals surface area contributed by atoms with Crippen molar-refractivity contribution in [2.45, 2.75) is 51.6 Å². The van der Waals surface area contributed by atoms with Crippen LogP contribution in [0.25, 0.3) is 0 Å². The van der Waals surface area contributed by atoms with Crippen LogP contribution in [0.5, 0.6) is 5.75 Å². The van der Waals surface area contributed by atoms with Crippen LogP contribution in [0.3, 0.4) is 0 Å². The lowest BCUT2D eigenvalue weighted by Crippen LogP contribution is -2.27. The Balaban J connectivity index is 2.31. The van der Waals surface area contributed by atoms with Crippen molar-refractivity contribution in [1.29, 1.82) is 0 Å². The molecule has 0 aliphatic rings. The largest absolute Gasteiger partial charge is 0.490 e. The van der Waals surface area contributed by atoms with Crippen molar-refractivity contribution >= 4 is 37.9 Å². The number of hydrogen-bond acceptors (Lipinski definition) is 7. The molecule has 1 aromatic rings. The Morgan fingerprint density at radius 1 is 1.19 bits per heavy atom. The number of hydrogen-bond donors (Lipinski definition) is 1. The van der Waals surface area contributed by atoms with Crippen molar-refractivity contribution in [3.05, 3.63) is 28.7 Å². The molecule has 1 N–H and O–H groups in total. The van der Waals surface area contributed by atoms with Gasteiger partial charge in [-0.15, -0.1) is 5.92 Å². The zero-order valence-electron chi connectivity index (χ0n) is 18.4. The lowest BCUT2D eigenvalue weighted by Gasteiger charge is -2.18. The Kier molecular flexibility index (Phi) is 13.7. The molecular weight excluding hydrogens is 502 g/mol. The molecule has 1 rings (SSSR count). The normalized spacial score (nSPS) is 11.7. The summed E-state index contributed by atoms with van der Waals surface area (Å²) in [6.07, 6.45) is 2.36. The van der Waals surface area contributed by atoms with Gasteiger partial charge in [-0.2, -0.15) is 0 Å². The molecule has 0 fully saturated rings. The topological polar surface area (TPSA) is 108 Å². The highest BCUT2D eigenvalue weighted by Crippen LogP contribution is 2.18. The predicted octanol–water partition coefficient (Wildman–Crippen LogP) is 3.20. The van der Waals surface area contributed by atoms with Gasteiger partial charge in [-0.05, 0) is 43.9 Å². The molecule has 10 heteroatoms. The van der Waals surface area contributed by atoms with E-state index in [4.69, 9.17) is 9.47 Å². The quantitative estimate of drug-likeness (QED) is 0.223. The lowest BCUT2D eigenvalue weighted by molar-refractivity contribution is -0.148. The Bertz CT molecular complexity index is 893. The van der Waals surface area contributed by atoms with E-state index < -0.39 is 22.1 Å². The number of carbonyl (C=O) groups excluding carboxylic acids is 2. The molecule has 0 bridgehead atoms. The van der Waals surface area contributed by atoms with Crippen LogP contribution in [0.15, 0.2) is 28.7 Å². The monoisotopic (exact) mass is 531 g/mol. The van der Waals surface area contributed by atoms with Gasteiger partial charge >= 0.3 is 11.9 Å². The molecule has 0 aliphatic heterocycles. The summed E-state index contributed by atoms with van der Waals surface area (Å²) in [6.45, 7) is 1.54. The number of methoxy groups -OCH3 is 1. The molecule has 0 saturated carbocycles. The highest BCUT2D eigenvalue weighted by molar-refractivity contribution is 9.10. The first-order chi connectivity index (χ1) is 15.2.